The molecule has 0 atom stereocenters. The van der Waals surface area contributed by atoms with Crippen LogP contribution in [0, 0.1) is 4.77 Å². The van der Waals surface area contributed by atoms with Crippen LogP contribution in [0.15, 0.2) is 47.6 Å². The molecule has 0 radical (unpaired) electrons. The summed E-state index contributed by atoms with van der Waals surface area (Å²) in [6.45, 7) is 0.681. The first-order chi connectivity index (χ1) is 14.1. The summed E-state index contributed by atoms with van der Waals surface area (Å²) in [7, 11) is 5.11. The minimum atomic E-state index is 0.107. The summed E-state index contributed by atoms with van der Waals surface area (Å²) < 4.78 is 12.6. The normalized spacial score (nSPS) is 11.0. The highest BCUT2D eigenvalue weighted by atomic mass is 32.1. The molecule has 0 saturated heterocycles. The number of hydrogen-bond acceptors (Lipinski definition) is 7. The summed E-state index contributed by atoms with van der Waals surface area (Å²) in [5.74, 6) is 1.82. The predicted molar refractivity (Wildman–Crippen MR) is 116 cm³/mol. The summed E-state index contributed by atoms with van der Waals surface area (Å²) in [5, 5.41) is 20.6. The van der Waals surface area contributed by atoms with Gasteiger partial charge in [0, 0.05) is 25.3 Å². The number of likely N-dealkylation sites (N-methyl/N-ethyl adjacent to an activating group) is 1. The number of anilines is 1. The molecule has 2 N–H and O–H groups in total. The second-order valence-corrected chi connectivity index (χ2v) is 6.60. The maximum Gasteiger partial charge on any atom is 0.216 e. The van der Waals surface area contributed by atoms with Gasteiger partial charge in [-0.15, -0.1) is 0 Å². The van der Waals surface area contributed by atoms with Gasteiger partial charge >= 0.3 is 0 Å². The van der Waals surface area contributed by atoms with Gasteiger partial charge in [0.05, 0.1) is 32.6 Å². The van der Waals surface area contributed by atoms with Crippen LogP contribution >= 0.6 is 12.2 Å². The van der Waals surface area contributed by atoms with Gasteiger partial charge < -0.3 is 19.5 Å². The Bertz CT molecular complexity index is 1040. The lowest BCUT2D eigenvalue weighted by Crippen LogP contribution is -2.20. The number of benzene rings is 2. The van der Waals surface area contributed by atoms with Gasteiger partial charge in [0.25, 0.3) is 0 Å². The van der Waals surface area contributed by atoms with Crippen molar-refractivity contribution in [1.29, 1.82) is 0 Å². The highest BCUT2D eigenvalue weighted by molar-refractivity contribution is 7.71. The largest absolute Gasteiger partial charge is 0.497 e. The number of H-pyrrole nitrogens is 1. The zero-order valence-electron chi connectivity index (χ0n) is 16.5. The minimum absolute atomic E-state index is 0.107. The van der Waals surface area contributed by atoms with Crippen molar-refractivity contribution in [1.82, 2.24) is 14.9 Å². The molecule has 0 aliphatic carbocycles. The molecule has 3 rings (SSSR count). The van der Waals surface area contributed by atoms with Gasteiger partial charge in [0.1, 0.15) is 11.5 Å². The van der Waals surface area contributed by atoms with E-state index in [0.29, 0.717) is 28.6 Å². The van der Waals surface area contributed by atoms with Crippen molar-refractivity contribution < 1.29 is 14.6 Å². The molecule has 2 aromatic carbocycles. The van der Waals surface area contributed by atoms with Crippen LogP contribution in [0.4, 0.5) is 5.69 Å². The molecule has 0 saturated carbocycles. The van der Waals surface area contributed by atoms with Crippen LogP contribution in [0.1, 0.15) is 5.56 Å². The second-order valence-electron chi connectivity index (χ2n) is 6.21. The van der Waals surface area contributed by atoms with Gasteiger partial charge in [0.15, 0.2) is 5.82 Å². The molecule has 0 unspecified atom stereocenters. The van der Waals surface area contributed by atoms with Crippen LogP contribution in [0.2, 0.25) is 0 Å². The number of aliphatic hydroxyl groups excluding tert-OH is 1. The molecule has 0 aliphatic heterocycles. The zero-order chi connectivity index (χ0) is 20.8. The molecule has 1 aromatic heterocycles. The standard InChI is InChI=1S/C20H23N5O3S/c1-24(10-11-26)15-6-4-14(5-7-15)13-21-25-19(22-23-20(25)29)17-9-8-16(27-2)12-18(17)28-3/h4-9,12-13,26H,10-11H2,1-3H3,(H,23,29)/b21-13-. The number of aromatic nitrogens is 3. The van der Waals surface area contributed by atoms with Crippen LogP contribution in [0.5, 0.6) is 11.5 Å². The Hall–Kier alpha value is -3.17. The van der Waals surface area contributed by atoms with Crippen LogP contribution in [-0.2, 0) is 0 Å². The molecule has 0 amide bonds. The fourth-order valence-electron chi connectivity index (χ4n) is 2.77. The lowest BCUT2D eigenvalue weighted by Gasteiger charge is -2.17. The molecular formula is C20H23N5O3S. The quantitative estimate of drug-likeness (QED) is 0.436. The van der Waals surface area contributed by atoms with Crippen LogP contribution in [-0.4, -0.2) is 60.6 Å². The van der Waals surface area contributed by atoms with Gasteiger partial charge in [-0.3, -0.25) is 0 Å². The van der Waals surface area contributed by atoms with E-state index in [1.165, 1.54) is 0 Å². The van der Waals surface area contributed by atoms with Crippen LogP contribution < -0.4 is 14.4 Å². The highest BCUT2D eigenvalue weighted by Gasteiger charge is 2.14. The van der Waals surface area contributed by atoms with Gasteiger partial charge in [-0.05, 0) is 42.0 Å². The first-order valence-corrected chi connectivity index (χ1v) is 9.34. The summed E-state index contributed by atoms with van der Waals surface area (Å²) in [5.41, 5.74) is 2.65. The van der Waals surface area contributed by atoms with E-state index in [-0.39, 0.29) is 6.61 Å². The maximum atomic E-state index is 9.05. The molecule has 29 heavy (non-hydrogen) atoms. The molecule has 0 spiro atoms. The minimum Gasteiger partial charge on any atom is -0.497 e. The monoisotopic (exact) mass is 413 g/mol. The van der Waals surface area contributed by atoms with Crippen molar-refractivity contribution in [2.75, 3.05) is 39.3 Å². The predicted octanol–water partition coefficient (Wildman–Crippen LogP) is 2.94. The van der Waals surface area contributed by atoms with Gasteiger partial charge in [0.2, 0.25) is 4.77 Å². The molecule has 0 fully saturated rings. The Morgan fingerprint density at radius 3 is 2.62 bits per heavy atom. The van der Waals surface area contributed by atoms with Crippen molar-refractivity contribution in [3.63, 3.8) is 0 Å². The summed E-state index contributed by atoms with van der Waals surface area (Å²) >= 11 is 5.34. The lowest BCUT2D eigenvalue weighted by atomic mass is 10.2. The number of aromatic amines is 1. The number of aliphatic hydroxyl groups is 1. The number of nitrogens with zero attached hydrogens (tertiary/aromatic N) is 4. The molecule has 0 aliphatic rings. The Labute approximate surface area is 174 Å². The number of hydrogen-bond donors (Lipinski definition) is 2. The van der Waals surface area contributed by atoms with E-state index in [9.17, 15) is 0 Å². The van der Waals surface area contributed by atoms with Crippen molar-refractivity contribution in [3.8, 4) is 22.9 Å². The molecule has 9 heteroatoms. The van der Waals surface area contributed by atoms with E-state index in [2.05, 4.69) is 15.3 Å². The Kier molecular flexibility index (Phi) is 6.63. The molecular weight excluding hydrogens is 390 g/mol. The van der Waals surface area contributed by atoms with Gasteiger partial charge in [-0.25, -0.2) is 5.10 Å². The zero-order valence-corrected chi connectivity index (χ0v) is 17.3. The van der Waals surface area contributed by atoms with E-state index in [1.807, 2.05) is 48.3 Å². The van der Waals surface area contributed by atoms with Gasteiger partial charge in [-0.1, -0.05) is 12.1 Å². The third-order valence-electron chi connectivity index (χ3n) is 4.39. The van der Waals surface area contributed by atoms with Crippen molar-refractivity contribution in [2.45, 2.75) is 0 Å². The van der Waals surface area contributed by atoms with E-state index in [1.54, 1.807) is 31.2 Å². The Morgan fingerprint density at radius 1 is 1.21 bits per heavy atom. The number of rotatable bonds is 8. The average molecular weight is 414 g/mol. The number of nitrogens with one attached hydrogen (secondary N) is 1. The maximum absolute atomic E-state index is 9.05. The first-order valence-electron chi connectivity index (χ1n) is 8.93. The fraction of sp³-hybridized carbons (Fsp3) is 0.250. The lowest BCUT2D eigenvalue weighted by molar-refractivity contribution is 0.304. The topological polar surface area (TPSA) is 87.9 Å². The fourth-order valence-corrected chi connectivity index (χ4v) is 2.95. The third-order valence-corrected chi connectivity index (χ3v) is 4.66. The summed E-state index contributed by atoms with van der Waals surface area (Å²) in [4.78, 5) is 1.97. The molecule has 0 bridgehead atoms. The molecule has 8 nitrogen and oxygen atoms in total. The van der Waals surface area contributed by atoms with Crippen LogP contribution in [0.25, 0.3) is 11.4 Å². The summed E-state index contributed by atoms with van der Waals surface area (Å²) in [6.07, 6.45) is 1.71. The van der Waals surface area contributed by atoms with Crippen molar-refractivity contribution in [3.05, 3.63) is 52.8 Å². The van der Waals surface area contributed by atoms with E-state index < -0.39 is 0 Å². The van der Waals surface area contributed by atoms with E-state index in [4.69, 9.17) is 26.8 Å². The van der Waals surface area contributed by atoms with Crippen molar-refractivity contribution in [2.24, 2.45) is 5.10 Å². The van der Waals surface area contributed by atoms with E-state index in [0.717, 1.165) is 16.8 Å². The van der Waals surface area contributed by atoms with E-state index >= 15 is 0 Å². The Balaban J connectivity index is 1.90. The number of ether oxygens (including phenoxy) is 2. The number of methoxy groups -OCH3 is 2. The smallest absolute Gasteiger partial charge is 0.216 e. The summed E-state index contributed by atoms with van der Waals surface area (Å²) in [6, 6.07) is 13.3. The third kappa shape index (κ3) is 4.64. The second kappa shape index (κ2) is 9.35. The molecule has 3 aromatic rings. The SMILES string of the molecule is COc1ccc(-c2n[nH]c(=S)n2/N=C\c2ccc(N(C)CCO)cc2)c(OC)c1. The van der Waals surface area contributed by atoms with Crippen molar-refractivity contribution >= 4 is 24.1 Å². The first kappa shape index (κ1) is 20.6. The molecule has 152 valence electrons. The van der Waals surface area contributed by atoms with Gasteiger partial charge in [-0.2, -0.15) is 14.9 Å². The van der Waals surface area contributed by atoms with Crippen LogP contribution in [0.3, 0.4) is 0 Å². The Morgan fingerprint density at radius 2 is 1.97 bits per heavy atom. The average Bonchev–Trinajstić information content (AvgIpc) is 3.12. The highest BCUT2D eigenvalue weighted by Crippen LogP contribution is 2.32. The molecule has 1 heterocycles.